The van der Waals surface area contributed by atoms with Gasteiger partial charge in [-0.25, -0.2) is 4.39 Å². The van der Waals surface area contributed by atoms with Crippen LogP contribution in [0.15, 0.2) is 40.9 Å². The zero-order valence-corrected chi connectivity index (χ0v) is 13.7. The van der Waals surface area contributed by atoms with E-state index in [-0.39, 0.29) is 11.7 Å². The number of anilines is 1. The van der Waals surface area contributed by atoms with Gasteiger partial charge in [-0.1, -0.05) is 0 Å². The lowest BCUT2D eigenvalue weighted by molar-refractivity contribution is 0.102. The molecule has 2 aromatic rings. The maximum atomic E-state index is 13.2. The summed E-state index contributed by atoms with van der Waals surface area (Å²) >= 11 is 5.49. The summed E-state index contributed by atoms with van der Waals surface area (Å²) in [6, 6.07) is 10.0. The molecule has 2 nitrogen and oxygen atoms in total. The average Bonchev–Trinajstić information content (AvgIpc) is 2.36. The van der Waals surface area contributed by atoms with E-state index in [4.69, 9.17) is 0 Å². The second-order valence-electron chi connectivity index (χ2n) is 4.04. The van der Waals surface area contributed by atoms with Gasteiger partial charge >= 0.3 is 0 Å². The lowest BCUT2D eigenvalue weighted by atomic mass is 10.2. The molecule has 0 unspecified atom stereocenters. The number of rotatable bonds is 2. The van der Waals surface area contributed by atoms with Crippen LogP contribution in [0.4, 0.5) is 10.1 Å². The van der Waals surface area contributed by atoms with Gasteiger partial charge in [-0.15, -0.1) is 0 Å². The molecule has 0 aliphatic rings. The van der Waals surface area contributed by atoms with Crippen molar-refractivity contribution >= 4 is 50.1 Å². The Morgan fingerprint density at radius 1 is 1.26 bits per heavy atom. The third-order valence-electron chi connectivity index (χ3n) is 2.59. The number of halogens is 3. The highest BCUT2D eigenvalue weighted by Crippen LogP contribution is 2.21. The van der Waals surface area contributed by atoms with Crippen LogP contribution in [0.25, 0.3) is 0 Å². The van der Waals surface area contributed by atoms with Crippen LogP contribution in [0.3, 0.4) is 0 Å². The van der Waals surface area contributed by atoms with E-state index in [1.807, 2.05) is 12.1 Å². The molecule has 1 N–H and O–H groups in total. The molecule has 0 saturated carbocycles. The first-order valence-corrected chi connectivity index (χ1v) is 7.37. The minimum absolute atomic E-state index is 0.226. The van der Waals surface area contributed by atoms with E-state index in [1.54, 1.807) is 25.1 Å². The van der Waals surface area contributed by atoms with E-state index in [1.165, 1.54) is 6.07 Å². The van der Waals surface area contributed by atoms with Gasteiger partial charge in [0, 0.05) is 13.7 Å². The summed E-state index contributed by atoms with van der Waals surface area (Å²) in [6.45, 7) is 1.66. The van der Waals surface area contributed by atoms with Crippen LogP contribution in [-0.4, -0.2) is 5.91 Å². The summed E-state index contributed by atoms with van der Waals surface area (Å²) in [6.07, 6.45) is 0. The zero-order chi connectivity index (χ0) is 14.0. The SMILES string of the molecule is Cc1cc(NC(=O)c2cc(I)ccc2Br)ccc1F. The summed E-state index contributed by atoms with van der Waals surface area (Å²) in [5.41, 5.74) is 1.63. The van der Waals surface area contributed by atoms with Crippen LogP contribution >= 0.6 is 38.5 Å². The number of hydrogen-bond acceptors (Lipinski definition) is 1. The highest BCUT2D eigenvalue weighted by Gasteiger charge is 2.11. The molecule has 0 heterocycles. The Morgan fingerprint density at radius 3 is 2.68 bits per heavy atom. The van der Waals surface area contributed by atoms with Crippen molar-refractivity contribution in [1.82, 2.24) is 0 Å². The Bertz CT molecular complexity index is 645. The number of nitrogens with one attached hydrogen (secondary N) is 1. The molecule has 0 aliphatic carbocycles. The Hall–Kier alpha value is -0.950. The topological polar surface area (TPSA) is 29.1 Å². The van der Waals surface area contributed by atoms with E-state index >= 15 is 0 Å². The number of hydrogen-bond donors (Lipinski definition) is 1. The van der Waals surface area contributed by atoms with Gasteiger partial charge in [0.25, 0.3) is 5.91 Å². The fraction of sp³-hybridized carbons (Fsp3) is 0.0714. The second kappa shape index (κ2) is 6.00. The van der Waals surface area contributed by atoms with Crippen LogP contribution in [0.5, 0.6) is 0 Å². The first kappa shape index (κ1) is 14.5. The van der Waals surface area contributed by atoms with Crippen molar-refractivity contribution in [2.24, 2.45) is 0 Å². The molecule has 2 rings (SSSR count). The van der Waals surface area contributed by atoms with Crippen LogP contribution < -0.4 is 5.32 Å². The molecular weight excluding hydrogens is 424 g/mol. The molecule has 0 aromatic heterocycles. The minimum Gasteiger partial charge on any atom is -0.322 e. The van der Waals surface area contributed by atoms with Crippen LogP contribution in [0, 0.1) is 16.3 Å². The van der Waals surface area contributed by atoms with Crippen LogP contribution in [0.1, 0.15) is 15.9 Å². The highest BCUT2D eigenvalue weighted by atomic mass is 127. The first-order chi connectivity index (χ1) is 8.97. The Labute approximate surface area is 132 Å². The molecule has 98 valence electrons. The zero-order valence-electron chi connectivity index (χ0n) is 10.0. The summed E-state index contributed by atoms with van der Waals surface area (Å²) < 4.78 is 14.9. The molecule has 0 saturated heterocycles. The van der Waals surface area contributed by atoms with E-state index < -0.39 is 0 Å². The van der Waals surface area contributed by atoms with Crippen molar-refractivity contribution in [1.29, 1.82) is 0 Å². The number of carbonyl (C=O) groups excluding carboxylic acids is 1. The second-order valence-corrected chi connectivity index (χ2v) is 6.14. The van der Waals surface area contributed by atoms with Gasteiger partial charge in [0.1, 0.15) is 5.82 Å². The van der Waals surface area contributed by atoms with Crippen LogP contribution in [0.2, 0.25) is 0 Å². The van der Waals surface area contributed by atoms with Crippen molar-refractivity contribution < 1.29 is 9.18 Å². The third-order valence-corrected chi connectivity index (χ3v) is 3.95. The van der Waals surface area contributed by atoms with Crippen LogP contribution in [-0.2, 0) is 0 Å². The number of carbonyl (C=O) groups is 1. The summed E-state index contributed by atoms with van der Waals surface area (Å²) in [5, 5.41) is 2.76. The van der Waals surface area contributed by atoms with Crippen molar-refractivity contribution in [3.8, 4) is 0 Å². The number of benzene rings is 2. The molecule has 1 amide bonds. The molecule has 0 spiro atoms. The molecular formula is C14H10BrFINO. The summed E-state index contributed by atoms with van der Waals surface area (Å²) in [5.74, 6) is -0.509. The Kier molecular flexibility index (Phi) is 4.57. The average molecular weight is 434 g/mol. The van der Waals surface area contributed by atoms with Gasteiger partial charge in [0.05, 0.1) is 5.56 Å². The Morgan fingerprint density at radius 2 is 2.00 bits per heavy atom. The Balaban J connectivity index is 2.25. The molecule has 5 heteroatoms. The number of aryl methyl sites for hydroxylation is 1. The fourth-order valence-corrected chi connectivity index (χ4v) is 2.51. The quantitative estimate of drug-likeness (QED) is 0.680. The highest BCUT2D eigenvalue weighted by molar-refractivity contribution is 14.1. The molecule has 0 atom stereocenters. The molecule has 2 aromatic carbocycles. The number of amides is 1. The molecule has 0 radical (unpaired) electrons. The maximum Gasteiger partial charge on any atom is 0.256 e. The minimum atomic E-state index is -0.284. The summed E-state index contributed by atoms with van der Waals surface area (Å²) in [4.78, 5) is 12.1. The van der Waals surface area contributed by atoms with Gasteiger partial charge in [0.15, 0.2) is 0 Å². The third kappa shape index (κ3) is 3.54. The first-order valence-electron chi connectivity index (χ1n) is 5.50. The lowest BCUT2D eigenvalue weighted by Crippen LogP contribution is -2.13. The van der Waals surface area contributed by atoms with Crippen molar-refractivity contribution in [2.45, 2.75) is 6.92 Å². The van der Waals surface area contributed by atoms with Gasteiger partial charge in [-0.2, -0.15) is 0 Å². The van der Waals surface area contributed by atoms with Gasteiger partial charge in [-0.3, -0.25) is 4.79 Å². The predicted octanol–water partition coefficient (Wildman–Crippen LogP) is 4.75. The molecule has 0 bridgehead atoms. The molecule has 0 aliphatic heterocycles. The fourth-order valence-electron chi connectivity index (χ4n) is 1.59. The van der Waals surface area contributed by atoms with E-state index in [0.29, 0.717) is 16.8 Å². The molecule has 19 heavy (non-hydrogen) atoms. The smallest absolute Gasteiger partial charge is 0.256 e. The maximum absolute atomic E-state index is 13.2. The van der Waals surface area contributed by atoms with E-state index in [9.17, 15) is 9.18 Å². The van der Waals surface area contributed by atoms with Gasteiger partial charge < -0.3 is 5.32 Å². The largest absolute Gasteiger partial charge is 0.322 e. The standard InChI is InChI=1S/C14H10BrFINO/c1-8-6-10(3-5-13(8)16)18-14(19)11-7-9(17)2-4-12(11)15/h2-7H,1H3,(H,18,19). The van der Waals surface area contributed by atoms with Gasteiger partial charge in [-0.05, 0) is 87.4 Å². The van der Waals surface area contributed by atoms with Gasteiger partial charge in [0.2, 0.25) is 0 Å². The van der Waals surface area contributed by atoms with Crippen molar-refractivity contribution in [2.75, 3.05) is 5.32 Å². The van der Waals surface area contributed by atoms with Crippen molar-refractivity contribution in [3.63, 3.8) is 0 Å². The normalized spacial score (nSPS) is 10.3. The predicted molar refractivity (Wildman–Crippen MR) is 85.9 cm³/mol. The lowest BCUT2D eigenvalue weighted by Gasteiger charge is -2.08. The van der Waals surface area contributed by atoms with Crippen molar-refractivity contribution in [3.05, 3.63) is 61.4 Å². The molecule has 0 fully saturated rings. The monoisotopic (exact) mass is 433 g/mol. The van der Waals surface area contributed by atoms with E-state index in [0.717, 1.165) is 8.04 Å². The van der Waals surface area contributed by atoms with E-state index in [2.05, 4.69) is 43.8 Å². The summed E-state index contributed by atoms with van der Waals surface area (Å²) in [7, 11) is 0.